The molecule has 2 aromatic heterocycles. The molecule has 0 amide bonds. The molecule has 2 heterocycles. The van der Waals surface area contributed by atoms with Crippen LogP contribution in [0.5, 0.6) is 5.88 Å². The van der Waals surface area contributed by atoms with E-state index < -0.39 is 17.2 Å². The van der Waals surface area contributed by atoms with Gasteiger partial charge < -0.3 is 9.84 Å². The molecule has 2 aromatic carbocycles. The van der Waals surface area contributed by atoms with Crippen molar-refractivity contribution in [1.82, 2.24) is 19.5 Å². The standard InChI is InChI=1S/C29H30F2N4O3/c1-15-8-9-20(25-17(3)13-32-28(34-25)29(6,7)37)11-24(15)35-19(5)33-26(18(4)27(35)36)38-14-21-10-16(2)22(30)12-23(21)31/h8-13,37H,14H2,1-7H3. The van der Waals surface area contributed by atoms with Crippen molar-refractivity contribution in [2.75, 3.05) is 0 Å². The zero-order valence-corrected chi connectivity index (χ0v) is 22.5. The summed E-state index contributed by atoms with van der Waals surface area (Å²) in [7, 11) is 0. The van der Waals surface area contributed by atoms with E-state index in [0.717, 1.165) is 22.8 Å². The summed E-state index contributed by atoms with van der Waals surface area (Å²) in [5.74, 6) is -0.606. The summed E-state index contributed by atoms with van der Waals surface area (Å²) in [6.45, 7) is 11.6. The first kappa shape index (κ1) is 27.1. The first-order valence-electron chi connectivity index (χ1n) is 12.1. The van der Waals surface area contributed by atoms with Crippen molar-refractivity contribution in [2.45, 2.75) is 60.7 Å². The highest BCUT2D eigenvalue weighted by atomic mass is 19.1. The Labute approximate surface area is 219 Å². The van der Waals surface area contributed by atoms with Crippen molar-refractivity contribution in [2.24, 2.45) is 0 Å². The molecule has 0 radical (unpaired) electrons. The number of nitrogens with zero attached hydrogens (tertiary/aromatic N) is 4. The van der Waals surface area contributed by atoms with E-state index in [2.05, 4.69) is 15.0 Å². The molecule has 0 bridgehead atoms. The zero-order chi connectivity index (χ0) is 27.9. The van der Waals surface area contributed by atoms with Gasteiger partial charge in [0.15, 0.2) is 5.82 Å². The van der Waals surface area contributed by atoms with Gasteiger partial charge in [-0.15, -0.1) is 0 Å². The Hall–Kier alpha value is -3.98. The quantitative estimate of drug-likeness (QED) is 0.370. The highest BCUT2D eigenvalue weighted by Crippen LogP contribution is 2.28. The Bertz CT molecular complexity index is 1610. The van der Waals surface area contributed by atoms with Crippen molar-refractivity contribution in [3.63, 3.8) is 0 Å². The molecule has 0 unspecified atom stereocenters. The average Bonchev–Trinajstić information content (AvgIpc) is 2.84. The Morgan fingerprint density at radius 2 is 1.66 bits per heavy atom. The molecule has 1 N–H and O–H groups in total. The molecule has 0 atom stereocenters. The molecule has 0 spiro atoms. The fourth-order valence-electron chi connectivity index (χ4n) is 4.11. The van der Waals surface area contributed by atoms with Crippen LogP contribution in [0.25, 0.3) is 16.9 Å². The molecule has 7 nitrogen and oxygen atoms in total. The zero-order valence-electron chi connectivity index (χ0n) is 22.5. The van der Waals surface area contributed by atoms with E-state index in [1.807, 2.05) is 32.0 Å². The monoisotopic (exact) mass is 520 g/mol. The van der Waals surface area contributed by atoms with Crippen LogP contribution in [-0.2, 0) is 12.2 Å². The molecular weight excluding hydrogens is 490 g/mol. The summed E-state index contributed by atoms with van der Waals surface area (Å²) < 4.78 is 35.0. The van der Waals surface area contributed by atoms with Crippen molar-refractivity contribution in [3.05, 3.63) is 98.0 Å². The SMILES string of the molecule is Cc1cc(COc2nc(C)n(-c3cc(-c4nc(C(C)(C)O)ncc4C)ccc3C)c(=O)c2C)c(F)cc1F. The molecular formula is C29H30F2N4O3. The summed E-state index contributed by atoms with van der Waals surface area (Å²) in [5.41, 5.74) is 2.84. The third-order valence-corrected chi connectivity index (χ3v) is 6.37. The van der Waals surface area contributed by atoms with Crippen LogP contribution in [0.3, 0.4) is 0 Å². The molecule has 0 aliphatic heterocycles. The first-order valence-corrected chi connectivity index (χ1v) is 12.1. The lowest BCUT2D eigenvalue weighted by Crippen LogP contribution is -2.26. The minimum Gasteiger partial charge on any atom is -0.472 e. The van der Waals surface area contributed by atoms with Gasteiger partial charge in [0.2, 0.25) is 5.88 Å². The van der Waals surface area contributed by atoms with E-state index in [0.29, 0.717) is 28.6 Å². The summed E-state index contributed by atoms with van der Waals surface area (Å²) in [4.78, 5) is 26.8. The number of aliphatic hydroxyl groups is 1. The number of benzene rings is 2. The summed E-state index contributed by atoms with van der Waals surface area (Å²) >= 11 is 0. The number of hydrogen-bond donors (Lipinski definition) is 1. The Morgan fingerprint density at radius 3 is 2.34 bits per heavy atom. The summed E-state index contributed by atoms with van der Waals surface area (Å²) in [5, 5.41) is 10.4. The maximum Gasteiger partial charge on any atom is 0.264 e. The second-order valence-electron chi connectivity index (χ2n) is 10.00. The largest absolute Gasteiger partial charge is 0.472 e. The van der Waals surface area contributed by atoms with Crippen LogP contribution in [0.15, 0.2) is 41.3 Å². The minimum absolute atomic E-state index is 0.0837. The van der Waals surface area contributed by atoms with E-state index in [4.69, 9.17) is 4.74 Å². The van der Waals surface area contributed by atoms with Gasteiger partial charge in [-0.25, -0.2) is 18.7 Å². The maximum atomic E-state index is 14.2. The average molecular weight is 521 g/mol. The molecule has 198 valence electrons. The maximum absolute atomic E-state index is 14.2. The third kappa shape index (κ3) is 5.19. The Morgan fingerprint density at radius 1 is 0.947 bits per heavy atom. The molecule has 9 heteroatoms. The van der Waals surface area contributed by atoms with Gasteiger partial charge in [0, 0.05) is 23.4 Å². The number of rotatable bonds is 6. The van der Waals surface area contributed by atoms with Crippen LogP contribution in [0.1, 0.15) is 53.3 Å². The number of ether oxygens (including phenoxy) is 1. The van der Waals surface area contributed by atoms with Crippen LogP contribution in [0.4, 0.5) is 8.78 Å². The fraction of sp³-hybridized carbons (Fsp3) is 0.310. The topological polar surface area (TPSA) is 90.1 Å². The van der Waals surface area contributed by atoms with Gasteiger partial charge in [-0.3, -0.25) is 9.36 Å². The minimum atomic E-state index is -1.21. The molecule has 0 saturated carbocycles. The van der Waals surface area contributed by atoms with Gasteiger partial charge in [-0.05, 0) is 77.3 Å². The van der Waals surface area contributed by atoms with Crippen molar-refractivity contribution in [1.29, 1.82) is 0 Å². The van der Waals surface area contributed by atoms with E-state index >= 15 is 0 Å². The molecule has 0 saturated heterocycles. The number of halogens is 2. The van der Waals surface area contributed by atoms with Gasteiger partial charge in [0.1, 0.15) is 29.7 Å². The lowest BCUT2D eigenvalue weighted by atomic mass is 10.0. The van der Waals surface area contributed by atoms with Gasteiger partial charge in [-0.1, -0.05) is 12.1 Å². The van der Waals surface area contributed by atoms with Crippen molar-refractivity contribution >= 4 is 0 Å². The van der Waals surface area contributed by atoms with Crippen molar-refractivity contribution in [3.8, 4) is 22.8 Å². The van der Waals surface area contributed by atoms with E-state index in [9.17, 15) is 18.7 Å². The van der Waals surface area contributed by atoms with Crippen LogP contribution >= 0.6 is 0 Å². The van der Waals surface area contributed by atoms with Crippen molar-refractivity contribution < 1.29 is 18.6 Å². The number of hydrogen-bond acceptors (Lipinski definition) is 6. The predicted molar refractivity (Wildman–Crippen MR) is 140 cm³/mol. The molecule has 4 rings (SSSR count). The van der Waals surface area contributed by atoms with Crippen LogP contribution in [0.2, 0.25) is 0 Å². The second kappa shape index (κ2) is 10.1. The summed E-state index contributed by atoms with van der Waals surface area (Å²) in [6, 6.07) is 7.84. The van der Waals surface area contributed by atoms with Crippen LogP contribution < -0.4 is 10.3 Å². The lowest BCUT2D eigenvalue weighted by molar-refractivity contribution is 0.0688. The molecule has 0 aliphatic carbocycles. The molecule has 4 aromatic rings. The van der Waals surface area contributed by atoms with Gasteiger partial charge >= 0.3 is 0 Å². The molecule has 38 heavy (non-hydrogen) atoms. The molecule has 0 aliphatic rings. The lowest BCUT2D eigenvalue weighted by Gasteiger charge is -2.19. The van der Waals surface area contributed by atoms with E-state index in [-0.39, 0.29) is 29.2 Å². The fourth-order valence-corrected chi connectivity index (χ4v) is 4.11. The third-order valence-electron chi connectivity index (χ3n) is 6.37. The van der Waals surface area contributed by atoms with E-state index in [1.54, 1.807) is 33.9 Å². The molecule has 0 fully saturated rings. The smallest absolute Gasteiger partial charge is 0.264 e. The Balaban J connectivity index is 1.75. The highest BCUT2D eigenvalue weighted by molar-refractivity contribution is 5.67. The number of aromatic nitrogens is 4. The Kier molecular flexibility index (Phi) is 7.16. The predicted octanol–water partition coefficient (Wildman–Crippen LogP) is 5.32. The van der Waals surface area contributed by atoms with Gasteiger partial charge in [0.05, 0.1) is 16.9 Å². The first-order chi connectivity index (χ1) is 17.8. The van der Waals surface area contributed by atoms with Crippen LogP contribution in [0, 0.1) is 46.3 Å². The summed E-state index contributed by atoms with van der Waals surface area (Å²) in [6.07, 6.45) is 1.66. The van der Waals surface area contributed by atoms with E-state index in [1.165, 1.54) is 17.6 Å². The second-order valence-corrected chi connectivity index (χ2v) is 10.00. The van der Waals surface area contributed by atoms with Gasteiger partial charge in [-0.2, -0.15) is 4.98 Å². The normalized spacial score (nSPS) is 11.6. The highest BCUT2D eigenvalue weighted by Gasteiger charge is 2.22. The number of aryl methyl sites for hydroxylation is 4. The van der Waals surface area contributed by atoms with Gasteiger partial charge in [0.25, 0.3) is 5.56 Å². The van der Waals surface area contributed by atoms with Crippen LogP contribution in [-0.4, -0.2) is 24.6 Å².